The fraction of sp³-hybridized carbons (Fsp3) is 0.235. The molecule has 0 fully saturated rings. The summed E-state index contributed by atoms with van der Waals surface area (Å²) in [5.41, 5.74) is 6.99. The van der Waals surface area contributed by atoms with Gasteiger partial charge in [-0.1, -0.05) is 28.1 Å². The van der Waals surface area contributed by atoms with Crippen LogP contribution < -0.4 is 20.9 Å². The molecule has 2 aromatic carbocycles. The second-order valence-corrected chi connectivity index (χ2v) is 8.10. The van der Waals surface area contributed by atoms with E-state index in [0.29, 0.717) is 18.8 Å². The number of sulfonamides is 1. The summed E-state index contributed by atoms with van der Waals surface area (Å²) in [5, 5.41) is 8.37. The predicted molar refractivity (Wildman–Crippen MR) is 109 cm³/mol. The Morgan fingerprint density at radius 3 is 2.41 bits per heavy atom. The van der Waals surface area contributed by atoms with Crippen LogP contribution in [-0.4, -0.2) is 27.5 Å². The average Bonchev–Trinajstić information content (AvgIpc) is 2.57. The van der Waals surface area contributed by atoms with E-state index in [-0.39, 0.29) is 23.9 Å². The largest absolute Gasteiger partial charge is 0.483 e. The molecule has 0 radical (unpaired) electrons. The fourth-order valence-electron chi connectivity index (χ4n) is 2.28. The van der Waals surface area contributed by atoms with E-state index in [1.807, 2.05) is 12.1 Å². The van der Waals surface area contributed by atoms with Crippen molar-refractivity contribution in [2.45, 2.75) is 17.9 Å². The molecule has 1 amide bonds. The molecule has 7 nitrogen and oxygen atoms in total. The smallest absolute Gasteiger partial charge is 0.255 e. The molecule has 5 N–H and O–H groups in total. The van der Waals surface area contributed by atoms with E-state index < -0.39 is 15.9 Å². The number of primary amides is 1. The lowest BCUT2D eigenvalue weighted by molar-refractivity contribution is -0.119. The molecule has 0 aliphatic rings. The minimum Gasteiger partial charge on any atom is -0.483 e. The third-order valence-corrected chi connectivity index (χ3v) is 4.97. The molecule has 2 aromatic rings. The Kier molecular flexibility index (Phi) is 9.20. The van der Waals surface area contributed by atoms with Crippen molar-refractivity contribution >= 4 is 44.3 Å². The van der Waals surface area contributed by atoms with Crippen LogP contribution in [0.2, 0.25) is 0 Å². The van der Waals surface area contributed by atoms with E-state index in [0.717, 1.165) is 22.0 Å². The maximum absolute atomic E-state index is 11.2. The molecular formula is C17H21BrClN3O4S. The number of nitrogens with one attached hydrogen (secondary N) is 1. The summed E-state index contributed by atoms with van der Waals surface area (Å²) in [6.07, 6.45) is 0.719. The van der Waals surface area contributed by atoms with Crippen LogP contribution in [0, 0.1) is 0 Å². The molecule has 2 rings (SSSR count). The number of amides is 1. The van der Waals surface area contributed by atoms with Crippen molar-refractivity contribution in [1.82, 2.24) is 5.32 Å². The van der Waals surface area contributed by atoms with E-state index >= 15 is 0 Å². The molecule has 0 saturated heterocycles. The second kappa shape index (κ2) is 10.6. The zero-order valence-corrected chi connectivity index (χ0v) is 17.6. The highest BCUT2D eigenvalue weighted by molar-refractivity contribution is 9.10. The summed E-state index contributed by atoms with van der Waals surface area (Å²) >= 11 is 3.41. The van der Waals surface area contributed by atoms with Crippen LogP contribution in [0.5, 0.6) is 5.75 Å². The summed E-state index contributed by atoms with van der Waals surface area (Å²) in [6, 6.07) is 12.0. The van der Waals surface area contributed by atoms with Crippen molar-refractivity contribution in [2.24, 2.45) is 10.9 Å². The lowest BCUT2D eigenvalue weighted by atomic mass is 10.1. The van der Waals surface area contributed by atoms with Crippen molar-refractivity contribution in [3.63, 3.8) is 0 Å². The number of carbonyl (C=O) groups excluding carboxylic acids is 1. The summed E-state index contributed by atoms with van der Waals surface area (Å²) in [5.74, 6) is 0.0618. The first-order chi connectivity index (χ1) is 12.3. The Morgan fingerprint density at radius 2 is 1.81 bits per heavy atom. The van der Waals surface area contributed by atoms with Crippen molar-refractivity contribution < 1.29 is 17.9 Å². The number of halogens is 2. The Hall–Kier alpha value is -1.65. The number of hydrogen-bond acceptors (Lipinski definition) is 5. The van der Waals surface area contributed by atoms with E-state index in [1.165, 1.54) is 12.1 Å². The number of hydrogen-bond donors (Lipinski definition) is 3. The molecule has 27 heavy (non-hydrogen) atoms. The topological polar surface area (TPSA) is 125 Å². The monoisotopic (exact) mass is 477 g/mol. The average molecular weight is 479 g/mol. The van der Waals surface area contributed by atoms with Crippen molar-refractivity contribution in [1.29, 1.82) is 0 Å². The maximum Gasteiger partial charge on any atom is 0.255 e. The minimum atomic E-state index is -3.67. The van der Waals surface area contributed by atoms with Gasteiger partial charge < -0.3 is 15.8 Å². The Bertz CT molecular complexity index is 876. The van der Waals surface area contributed by atoms with Gasteiger partial charge in [-0.3, -0.25) is 4.79 Å². The van der Waals surface area contributed by atoms with Crippen LogP contribution in [-0.2, 0) is 27.8 Å². The van der Waals surface area contributed by atoms with Crippen molar-refractivity contribution in [3.05, 3.63) is 58.1 Å². The molecule has 0 unspecified atom stereocenters. The number of carbonyl (C=O) groups is 1. The van der Waals surface area contributed by atoms with Gasteiger partial charge >= 0.3 is 0 Å². The van der Waals surface area contributed by atoms with Crippen LogP contribution in [0.4, 0.5) is 0 Å². The van der Waals surface area contributed by atoms with Gasteiger partial charge in [0.1, 0.15) is 5.75 Å². The summed E-state index contributed by atoms with van der Waals surface area (Å²) in [7, 11) is -3.67. The Labute approximate surface area is 173 Å². The van der Waals surface area contributed by atoms with Crippen LogP contribution in [0.25, 0.3) is 0 Å². The van der Waals surface area contributed by atoms with E-state index in [4.69, 9.17) is 15.6 Å². The highest BCUT2D eigenvalue weighted by Crippen LogP contribution is 2.23. The van der Waals surface area contributed by atoms with Gasteiger partial charge in [-0.05, 0) is 48.9 Å². The molecule has 0 aliphatic carbocycles. The maximum atomic E-state index is 11.2. The first-order valence-electron chi connectivity index (χ1n) is 7.77. The first-order valence-corrected chi connectivity index (χ1v) is 10.1. The first kappa shape index (κ1) is 23.4. The number of rotatable bonds is 9. The molecule has 148 valence electrons. The number of nitrogens with two attached hydrogens (primary N) is 2. The fourth-order valence-corrected chi connectivity index (χ4v) is 3.20. The summed E-state index contributed by atoms with van der Waals surface area (Å²) in [6.45, 7) is 1.05. The Balaban J connectivity index is 0.00000364. The van der Waals surface area contributed by atoms with Crippen LogP contribution >= 0.6 is 28.3 Å². The molecule has 0 aromatic heterocycles. The van der Waals surface area contributed by atoms with Crippen molar-refractivity contribution in [2.75, 3.05) is 13.2 Å². The Morgan fingerprint density at radius 1 is 1.15 bits per heavy atom. The number of primary sulfonamides is 1. The van der Waals surface area contributed by atoms with Gasteiger partial charge in [0.2, 0.25) is 10.0 Å². The van der Waals surface area contributed by atoms with Gasteiger partial charge in [-0.2, -0.15) is 0 Å². The third kappa shape index (κ3) is 7.86. The van der Waals surface area contributed by atoms with Gasteiger partial charge in [-0.15, -0.1) is 12.4 Å². The number of benzene rings is 2. The van der Waals surface area contributed by atoms with E-state index in [9.17, 15) is 13.2 Å². The second-order valence-electron chi connectivity index (χ2n) is 5.62. The highest BCUT2D eigenvalue weighted by atomic mass is 79.9. The zero-order valence-electron chi connectivity index (χ0n) is 14.4. The molecule has 0 saturated carbocycles. The summed E-state index contributed by atoms with van der Waals surface area (Å²) in [4.78, 5) is 11.0. The van der Waals surface area contributed by atoms with Gasteiger partial charge in [0.15, 0.2) is 6.61 Å². The lowest BCUT2D eigenvalue weighted by Gasteiger charge is -2.12. The lowest BCUT2D eigenvalue weighted by Crippen LogP contribution is -2.21. The SMILES string of the molecule is Cl.NC(=O)COc1ccc(Br)cc1CNCCc1ccc(S(N)(=O)=O)cc1. The van der Waals surface area contributed by atoms with Gasteiger partial charge in [0.05, 0.1) is 4.90 Å². The zero-order chi connectivity index (χ0) is 19.2. The highest BCUT2D eigenvalue weighted by Gasteiger charge is 2.08. The van der Waals surface area contributed by atoms with Gasteiger partial charge in [-0.25, -0.2) is 13.6 Å². The van der Waals surface area contributed by atoms with Crippen LogP contribution in [0.15, 0.2) is 51.8 Å². The molecule has 0 atom stereocenters. The molecule has 0 spiro atoms. The number of ether oxygens (including phenoxy) is 1. The van der Waals surface area contributed by atoms with Gasteiger partial charge in [0, 0.05) is 16.6 Å². The third-order valence-electron chi connectivity index (χ3n) is 3.55. The van der Waals surface area contributed by atoms with E-state index in [2.05, 4.69) is 21.2 Å². The van der Waals surface area contributed by atoms with Crippen molar-refractivity contribution in [3.8, 4) is 5.75 Å². The van der Waals surface area contributed by atoms with Crippen LogP contribution in [0.1, 0.15) is 11.1 Å². The predicted octanol–water partition coefficient (Wildman–Crippen LogP) is 1.71. The van der Waals surface area contributed by atoms with Crippen LogP contribution in [0.3, 0.4) is 0 Å². The normalized spacial score (nSPS) is 10.9. The quantitative estimate of drug-likeness (QED) is 0.473. The molecule has 0 bridgehead atoms. The molecule has 10 heteroatoms. The summed E-state index contributed by atoms with van der Waals surface area (Å²) < 4.78 is 28.8. The molecule has 0 heterocycles. The molecular weight excluding hydrogens is 458 g/mol. The molecule has 0 aliphatic heterocycles. The van der Waals surface area contributed by atoms with Gasteiger partial charge in [0.25, 0.3) is 5.91 Å². The standard InChI is InChI=1S/C17H20BrN3O4S.ClH/c18-14-3-6-16(25-11-17(19)22)13(9-14)10-21-8-7-12-1-4-15(5-2-12)26(20,23)24;/h1-6,9,21H,7-8,10-11H2,(H2,19,22)(H2,20,23,24);1H. The minimum absolute atomic E-state index is 0. The van der Waals surface area contributed by atoms with E-state index in [1.54, 1.807) is 18.2 Å².